The fourth-order valence-electron chi connectivity index (χ4n) is 8.75. The Morgan fingerprint density at radius 2 is 0.524 bits per heavy atom. The summed E-state index contributed by atoms with van der Waals surface area (Å²) in [4.78, 5) is 38.0. The van der Waals surface area contributed by atoms with Gasteiger partial charge in [0.25, 0.3) is 0 Å². The summed E-state index contributed by atoms with van der Waals surface area (Å²) in [5.74, 6) is 0.0107. The Labute approximate surface area is 393 Å². The molecule has 0 heterocycles. The highest BCUT2D eigenvalue weighted by Crippen LogP contribution is 2.18. The van der Waals surface area contributed by atoms with Crippen LogP contribution in [0.25, 0.3) is 0 Å². The molecule has 0 fully saturated rings. The summed E-state index contributed by atoms with van der Waals surface area (Å²) in [7, 11) is 0. The summed E-state index contributed by atoms with van der Waals surface area (Å²) in [5.41, 5.74) is 0. The van der Waals surface area contributed by atoms with Crippen molar-refractivity contribution in [2.24, 2.45) is 5.92 Å². The largest absolute Gasteiger partial charge is 0.462 e. The van der Waals surface area contributed by atoms with Crippen LogP contribution in [-0.2, 0) is 28.6 Å². The van der Waals surface area contributed by atoms with E-state index in [1.807, 2.05) is 0 Å². The molecule has 0 spiro atoms. The first-order valence-corrected chi connectivity index (χ1v) is 28.4. The second-order valence-corrected chi connectivity index (χ2v) is 20.1. The zero-order chi connectivity index (χ0) is 45.9. The molecule has 0 aliphatic carbocycles. The first-order chi connectivity index (χ1) is 30.9. The molecule has 0 rings (SSSR count). The van der Waals surface area contributed by atoms with E-state index in [9.17, 15) is 14.4 Å². The van der Waals surface area contributed by atoms with E-state index < -0.39 is 6.10 Å². The lowest BCUT2D eigenvalue weighted by Crippen LogP contribution is -2.30. The second kappa shape index (κ2) is 51.4. The molecular weight excluding hydrogens is 781 g/mol. The van der Waals surface area contributed by atoms with Crippen LogP contribution >= 0.6 is 0 Å². The molecule has 0 aliphatic rings. The van der Waals surface area contributed by atoms with E-state index in [2.05, 4.69) is 27.7 Å². The number of rotatable bonds is 52. The van der Waals surface area contributed by atoms with Crippen molar-refractivity contribution >= 4 is 17.9 Å². The van der Waals surface area contributed by atoms with Crippen LogP contribution in [0.5, 0.6) is 0 Å². The van der Waals surface area contributed by atoms with E-state index in [1.54, 1.807) is 0 Å². The maximum absolute atomic E-state index is 12.8. The van der Waals surface area contributed by atoms with E-state index in [1.165, 1.54) is 218 Å². The van der Waals surface area contributed by atoms with Crippen LogP contribution in [0.15, 0.2) is 0 Å². The maximum atomic E-state index is 12.8. The van der Waals surface area contributed by atoms with E-state index in [0.717, 1.165) is 63.7 Å². The third-order valence-corrected chi connectivity index (χ3v) is 13.0. The quantitative estimate of drug-likeness (QED) is 0.0344. The predicted molar refractivity (Wildman–Crippen MR) is 270 cm³/mol. The maximum Gasteiger partial charge on any atom is 0.306 e. The minimum absolute atomic E-state index is 0.0620. The lowest BCUT2D eigenvalue weighted by atomic mass is 10.0. The van der Waals surface area contributed by atoms with Gasteiger partial charge >= 0.3 is 17.9 Å². The normalized spacial score (nSPS) is 12.0. The standard InChI is InChI=1S/C57H110O6/c1-5-7-9-11-13-15-17-18-19-20-23-27-30-34-38-42-46-50-57(60)63-54(51-61-55(58)48-44-40-36-32-16-14-12-10-8-6-2)52-62-56(59)49-45-41-37-33-29-26-24-21-22-25-28-31-35-39-43-47-53(3)4/h53-54H,5-52H2,1-4H3/t54-/m1/s1. The molecule has 0 bridgehead atoms. The van der Waals surface area contributed by atoms with Crippen LogP contribution in [0.4, 0.5) is 0 Å². The van der Waals surface area contributed by atoms with Gasteiger partial charge in [-0.15, -0.1) is 0 Å². The summed E-state index contributed by atoms with van der Waals surface area (Å²) in [6.07, 6.45) is 55.2. The Bertz CT molecular complexity index is 949. The lowest BCUT2D eigenvalue weighted by Gasteiger charge is -2.18. The highest BCUT2D eigenvalue weighted by atomic mass is 16.6. The fourth-order valence-corrected chi connectivity index (χ4v) is 8.75. The summed E-state index contributed by atoms with van der Waals surface area (Å²) >= 11 is 0. The molecule has 0 N–H and O–H groups in total. The minimum Gasteiger partial charge on any atom is -0.462 e. The Morgan fingerprint density at radius 3 is 0.778 bits per heavy atom. The van der Waals surface area contributed by atoms with E-state index in [4.69, 9.17) is 14.2 Å². The summed E-state index contributed by atoms with van der Waals surface area (Å²) < 4.78 is 16.9. The van der Waals surface area contributed by atoms with Crippen molar-refractivity contribution in [2.75, 3.05) is 13.2 Å². The van der Waals surface area contributed by atoms with Gasteiger partial charge in [0.15, 0.2) is 6.10 Å². The van der Waals surface area contributed by atoms with E-state index >= 15 is 0 Å². The van der Waals surface area contributed by atoms with Gasteiger partial charge in [-0.25, -0.2) is 0 Å². The Morgan fingerprint density at radius 1 is 0.302 bits per heavy atom. The molecule has 0 saturated carbocycles. The zero-order valence-corrected chi connectivity index (χ0v) is 43.0. The van der Waals surface area contributed by atoms with Crippen LogP contribution in [0.3, 0.4) is 0 Å². The lowest BCUT2D eigenvalue weighted by molar-refractivity contribution is -0.167. The number of ether oxygens (including phenoxy) is 3. The van der Waals surface area contributed by atoms with Gasteiger partial charge in [0.05, 0.1) is 0 Å². The van der Waals surface area contributed by atoms with Crippen LogP contribution in [0, 0.1) is 5.92 Å². The monoisotopic (exact) mass is 891 g/mol. The van der Waals surface area contributed by atoms with Crippen molar-refractivity contribution in [2.45, 2.75) is 329 Å². The molecule has 0 aliphatic heterocycles. The summed E-state index contributed by atoms with van der Waals surface area (Å²) in [6.45, 7) is 9.05. The van der Waals surface area contributed by atoms with E-state index in [0.29, 0.717) is 19.3 Å². The molecule has 0 saturated heterocycles. The van der Waals surface area contributed by atoms with Gasteiger partial charge in [-0.1, -0.05) is 285 Å². The highest BCUT2D eigenvalue weighted by Gasteiger charge is 2.19. The van der Waals surface area contributed by atoms with Gasteiger partial charge in [-0.3, -0.25) is 14.4 Å². The molecule has 6 nitrogen and oxygen atoms in total. The first-order valence-electron chi connectivity index (χ1n) is 28.4. The summed E-state index contributed by atoms with van der Waals surface area (Å²) in [5, 5.41) is 0. The minimum atomic E-state index is -0.761. The molecule has 1 atom stereocenters. The Balaban J connectivity index is 4.24. The number of esters is 3. The van der Waals surface area contributed by atoms with Crippen molar-refractivity contribution < 1.29 is 28.6 Å². The molecule has 6 heteroatoms. The zero-order valence-electron chi connectivity index (χ0n) is 43.0. The number of carbonyl (C=O) groups is 3. The third kappa shape index (κ3) is 51.3. The topological polar surface area (TPSA) is 78.9 Å². The number of unbranched alkanes of at least 4 members (excludes halogenated alkanes) is 39. The van der Waals surface area contributed by atoms with Gasteiger partial charge in [-0.2, -0.15) is 0 Å². The molecule has 0 radical (unpaired) electrons. The van der Waals surface area contributed by atoms with Crippen molar-refractivity contribution in [1.29, 1.82) is 0 Å². The third-order valence-electron chi connectivity index (χ3n) is 13.0. The van der Waals surface area contributed by atoms with Crippen molar-refractivity contribution in [3.05, 3.63) is 0 Å². The summed E-state index contributed by atoms with van der Waals surface area (Å²) in [6, 6.07) is 0. The van der Waals surface area contributed by atoms with Crippen LogP contribution < -0.4 is 0 Å². The molecule has 374 valence electrons. The smallest absolute Gasteiger partial charge is 0.306 e. The van der Waals surface area contributed by atoms with Crippen molar-refractivity contribution in [3.63, 3.8) is 0 Å². The Hall–Kier alpha value is -1.59. The molecule has 0 unspecified atom stereocenters. The second-order valence-electron chi connectivity index (χ2n) is 20.1. The predicted octanol–water partition coefficient (Wildman–Crippen LogP) is 18.6. The number of hydrogen-bond acceptors (Lipinski definition) is 6. The molecule has 0 amide bonds. The first kappa shape index (κ1) is 61.4. The highest BCUT2D eigenvalue weighted by molar-refractivity contribution is 5.71. The van der Waals surface area contributed by atoms with Crippen LogP contribution in [-0.4, -0.2) is 37.2 Å². The average molecular weight is 892 g/mol. The number of carbonyl (C=O) groups excluding carboxylic acids is 3. The van der Waals surface area contributed by atoms with Crippen molar-refractivity contribution in [3.8, 4) is 0 Å². The van der Waals surface area contributed by atoms with Gasteiger partial charge < -0.3 is 14.2 Å². The Kier molecular flexibility index (Phi) is 50.1. The van der Waals surface area contributed by atoms with Gasteiger partial charge in [-0.05, 0) is 25.2 Å². The fraction of sp³-hybridized carbons (Fsp3) is 0.947. The molecular formula is C57H110O6. The molecule has 0 aromatic heterocycles. The van der Waals surface area contributed by atoms with Crippen molar-refractivity contribution in [1.82, 2.24) is 0 Å². The van der Waals surface area contributed by atoms with Gasteiger partial charge in [0.1, 0.15) is 13.2 Å². The molecule has 0 aromatic carbocycles. The van der Waals surface area contributed by atoms with Crippen LogP contribution in [0.1, 0.15) is 323 Å². The van der Waals surface area contributed by atoms with Gasteiger partial charge in [0.2, 0.25) is 0 Å². The van der Waals surface area contributed by atoms with Gasteiger partial charge in [0, 0.05) is 19.3 Å². The molecule has 63 heavy (non-hydrogen) atoms. The SMILES string of the molecule is CCCCCCCCCCCCCCCCCCCC(=O)O[C@H](COC(=O)CCCCCCCCCCCC)COC(=O)CCCCCCCCCCCCCCCCCC(C)C. The van der Waals surface area contributed by atoms with E-state index in [-0.39, 0.29) is 31.1 Å². The van der Waals surface area contributed by atoms with Crippen LogP contribution in [0.2, 0.25) is 0 Å². The number of hydrogen-bond donors (Lipinski definition) is 0. The molecule has 0 aromatic rings. The average Bonchev–Trinajstić information content (AvgIpc) is 3.27.